The van der Waals surface area contributed by atoms with Gasteiger partial charge < -0.3 is 9.47 Å². The van der Waals surface area contributed by atoms with Crippen molar-refractivity contribution in [2.24, 2.45) is 15.3 Å². The van der Waals surface area contributed by atoms with Gasteiger partial charge in [0.2, 0.25) is 11.4 Å². The van der Waals surface area contributed by atoms with Gasteiger partial charge in [0.15, 0.2) is 0 Å². The van der Waals surface area contributed by atoms with Crippen LogP contribution in [-0.4, -0.2) is 47.3 Å². The highest BCUT2D eigenvalue weighted by Gasteiger charge is 2.33. The Kier molecular flexibility index (Phi) is 7.81. The van der Waals surface area contributed by atoms with E-state index in [9.17, 15) is 18.0 Å². The van der Waals surface area contributed by atoms with E-state index in [0.717, 1.165) is 28.0 Å². The summed E-state index contributed by atoms with van der Waals surface area (Å²) in [4.78, 5) is 30.5. The van der Waals surface area contributed by atoms with Crippen molar-refractivity contribution in [3.8, 4) is 28.3 Å². The highest BCUT2D eigenvalue weighted by atomic mass is 32.2. The first kappa shape index (κ1) is 30.2. The van der Waals surface area contributed by atoms with Gasteiger partial charge in [-0.2, -0.15) is 8.42 Å². The number of methoxy groups -OCH3 is 2. The first-order valence-electron chi connectivity index (χ1n) is 13.7. The molecule has 1 aliphatic heterocycles. The van der Waals surface area contributed by atoms with E-state index in [1.807, 2.05) is 18.2 Å². The fourth-order valence-electron chi connectivity index (χ4n) is 4.96. The molecule has 1 amide bonds. The van der Waals surface area contributed by atoms with Gasteiger partial charge in [-0.25, -0.2) is 9.78 Å². The zero-order chi connectivity index (χ0) is 32.6. The van der Waals surface area contributed by atoms with Crippen molar-refractivity contribution in [2.75, 3.05) is 14.2 Å². The number of hydrogen-bond donors (Lipinski definition) is 1. The lowest BCUT2D eigenvalue weighted by Crippen LogP contribution is -2.22. The number of benzene rings is 4. The number of aryl methyl sites for hydroxylation is 1. The average molecular weight is 638 g/mol. The van der Waals surface area contributed by atoms with Gasteiger partial charge in [-0.05, 0) is 71.3 Å². The third kappa shape index (κ3) is 5.58. The van der Waals surface area contributed by atoms with E-state index in [2.05, 4.69) is 20.3 Å². The molecule has 0 unspecified atom stereocenters. The number of azo groups is 3. The van der Waals surface area contributed by atoms with Crippen molar-refractivity contribution in [1.29, 1.82) is 0 Å². The third-order valence-corrected chi connectivity index (χ3v) is 8.10. The molecule has 0 saturated heterocycles. The lowest BCUT2D eigenvalue weighted by molar-refractivity contribution is -0.421. The molecule has 4 aromatic carbocycles. The van der Waals surface area contributed by atoms with E-state index < -0.39 is 16.0 Å². The minimum Gasteiger partial charge on any atom is -0.495 e. The van der Waals surface area contributed by atoms with Gasteiger partial charge in [0.25, 0.3) is 15.7 Å². The number of carbonyl (C=O) groups excluding carboxylic acids is 1. The van der Waals surface area contributed by atoms with Crippen molar-refractivity contribution in [1.82, 2.24) is 9.55 Å². The molecule has 0 radical (unpaired) electrons. The normalized spacial score (nSPS) is 13.3. The maximum absolute atomic E-state index is 13.4. The van der Waals surface area contributed by atoms with Crippen molar-refractivity contribution >= 4 is 38.3 Å². The van der Waals surface area contributed by atoms with Crippen LogP contribution in [0, 0.1) is 6.92 Å². The number of nitrogens with zero attached hydrogens (tertiary/aromatic N) is 6. The molecule has 0 spiro atoms. The standard InChI is InChI=1S/C32H24N6O7S/c1-19-34-25-7-5-4-6-24(25)31(39)37(19)28-15-9-21(17-30(28)45-3)20-8-14-26(29(16-20)44-2)35-36-27-18-33-38(32(27)40)22-10-12-23(13-11-22)46(41,42)43/h4-18H,1-3H3/p+1. The van der Waals surface area contributed by atoms with Crippen LogP contribution in [0.25, 0.3) is 27.7 Å². The summed E-state index contributed by atoms with van der Waals surface area (Å²) in [6.45, 7) is 1.77. The van der Waals surface area contributed by atoms with Gasteiger partial charge >= 0.3 is 5.91 Å². The Morgan fingerprint density at radius 1 is 0.848 bits per heavy atom. The summed E-state index contributed by atoms with van der Waals surface area (Å²) in [6.07, 6.45) is 1.23. The zero-order valence-electron chi connectivity index (χ0n) is 24.6. The average Bonchev–Trinajstić information content (AvgIpc) is 3.43. The van der Waals surface area contributed by atoms with Crippen molar-refractivity contribution in [3.05, 3.63) is 113 Å². The molecule has 13 nitrogen and oxygen atoms in total. The quantitative estimate of drug-likeness (QED) is 0.125. The minimum absolute atomic E-state index is 0.0565. The topological polar surface area (TPSA) is 165 Å². The second-order valence-corrected chi connectivity index (χ2v) is 11.4. The number of aromatic nitrogens is 2. The Labute approximate surface area is 262 Å². The molecular weight excluding hydrogens is 612 g/mol. The Hall–Kier alpha value is -5.86. The minimum atomic E-state index is -4.37. The van der Waals surface area contributed by atoms with Crippen LogP contribution in [0.5, 0.6) is 11.5 Å². The molecule has 1 N–H and O–H groups in total. The highest BCUT2D eigenvalue weighted by Crippen LogP contribution is 2.36. The van der Waals surface area contributed by atoms with E-state index in [1.54, 1.807) is 49.4 Å². The zero-order valence-corrected chi connectivity index (χ0v) is 25.5. The molecule has 0 atom stereocenters. The fourth-order valence-corrected chi connectivity index (χ4v) is 5.44. The molecule has 1 aromatic heterocycles. The third-order valence-electron chi connectivity index (χ3n) is 7.23. The monoisotopic (exact) mass is 637 g/mol. The van der Waals surface area contributed by atoms with Gasteiger partial charge in [0.1, 0.15) is 29.2 Å². The summed E-state index contributed by atoms with van der Waals surface area (Å²) < 4.78 is 45.6. The Morgan fingerprint density at radius 2 is 1.52 bits per heavy atom. The molecule has 0 saturated carbocycles. The Bertz CT molecular complexity index is 2310. The van der Waals surface area contributed by atoms with E-state index in [-0.39, 0.29) is 21.8 Å². The molecule has 0 aliphatic carbocycles. The molecule has 46 heavy (non-hydrogen) atoms. The molecule has 0 bridgehead atoms. The van der Waals surface area contributed by atoms with Crippen molar-refractivity contribution < 1.29 is 31.9 Å². The molecule has 230 valence electrons. The van der Waals surface area contributed by atoms with Crippen LogP contribution in [0.3, 0.4) is 0 Å². The van der Waals surface area contributed by atoms with Gasteiger partial charge in [-0.3, -0.25) is 13.9 Å². The van der Waals surface area contributed by atoms with Crippen molar-refractivity contribution in [3.63, 3.8) is 0 Å². The number of amides is 1. The Balaban J connectivity index is 1.25. The van der Waals surface area contributed by atoms with Crippen LogP contribution in [0.4, 0.5) is 11.4 Å². The van der Waals surface area contributed by atoms with Crippen molar-refractivity contribution in [2.45, 2.75) is 11.8 Å². The van der Waals surface area contributed by atoms with E-state index in [1.165, 1.54) is 37.1 Å². The number of rotatable bonds is 8. The maximum atomic E-state index is 13.4. The predicted octanol–water partition coefficient (Wildman–Crippen LogP) is 5.89. The van der Waals surface area contributed by atoms with E-state index >= 15 is 0 Å². The van der Waals surface area contributed by atoms with E-state index in [0.29, 0.717) is 39.6 Å². The molecule has 6 rings (SSSR count). The van der Waals surface area contributed by atoms with Crippen LogP contribution in [-0.2, 0) is 14.9 Å². The molecule has 1 aliphatic rings. The summed E-state index contributed by atoms with van der Waals surface area (Å²) in [5.41, 5.74) is 3.09. The molecule has 0 fully saturated rings. The van der Waals surface area contributed by atoms with Crippen LogP contribution in [0.2, 0.25) is 0 Å². The van der Waals surface area contributed by atoms with Crippen LogP contribution in [0.1, 0.15) is 5.82 Å². The highest BCUT2D eigenvalue weighted by molar-refractivity contribution is 7.85. The van der Waals surface area contributed by atoms with Crippen LogP contribution < -0.4 is 15.0 Å². The molecule has 2 heterocycles. The van der Waals surface area contributed by atoms with Crippen LogP contribution in [0.15, 0.2) is 122 Å². The summed E-state index contributed by atoms with van der Waals surface area (Å²) in [5, 5.41) is 12.8. The molecule has 5 aromatic rings. The second kappa shape index (κ2) is 11.9. The first-order chi connectivity index (χ1) is 22.1. The maximum Gasteiger partial charge on any atom is 0.472 e. The van der Waals surface area contributed by atoms with Gasteiger partial charge in [-0.1, -0.05) is 24.3 Å². The number of ether oxygens (including phenoxy) is 2. The number of fused-ring (bicyclic) bond motifs is 1. The summed E-state index contributed by atoms with van der Waals surface area (Å²) in [6, 6.07) is 22.9. The SMILES string of the molecule is COc1cc(-c2ccc(-n3c(C)nc4ccccc4c3=O)c(OC)c2)ccc1N=NC1=CN=[N+](c2ccc(S(=O)(=O)O)cc2)C1=O. The largest absolute Gasteiger partial charge is 0.495 e. The number of carbonyl (C=O) groups is 1. The summed E-state index contributed by atoms with van der Waals surface area (Å²) in [5.74, 6) is 0.793. The molecular formula is C32H25N6O7S+. The first-order valence-corrected chi connectivity index (χ1v) is 15.1. The number of hydrogen-bond acceptors (Lipinski definition) is 10. The second-order valence-electron chi connectivity index (χ2n) is 10.0. The lowest BCUT2D eigenvalue weighted by atomic mass is 10.0. The van der Waals surface area contributed by atoms with Gasteiger partial charge in [0, 0.05) is 17.2 Å². The fraction of sp³-hybridized carbons (Fsp3) is 0.0938. The summed E-state index contributed by atoms with van der Waals surface area (Å²) >= 11 is 0. The number of para-hydroxylation sites is 1. The molecule has 14 heteroatoms. The Morgan fingerprint density at radius 3 is 2.22 bits per heavy atom. The van der Waals surface area contributed by atoms with Gasteiger partial charge in [0.05, 0.1) is 35.7 Å². The van der Waals surface area contributed by atoms with Gasteiger partial charge in [-0.15, -0.1) is 10.2 Å². The summed E-state index contributed by atoms with van der Waals surface area (Å²) in [7, 11) is -1.36. The predicted molar refractivity (Wildman–Crippen MR) is 167 cm³/mol. The van der Waals surface area contributed by atoms with Crippen LogP contribution >= 0.6 is 0 Å². The van der Waals surface area contributed by atoms with E-state index in [4.69, 9.17) is 14.0 Å². The smallest absolute Gasteiger partial charge is 0.472 e. The lowest BCUT2D eigenvalue weighted by Gasteiger charge is -2.16.